The van der Waals surface area contributed by atoms with Gasteiger partial charge in [0.25, 0.3) is 0 Å². The van der Waals surface area contributed by atoms with Crippen molar-refractivity contribution in [2.75, 3.05) is 5.75 Å². The first-order valence-electron chi connectivity index (χ1n) is 5.28. The van der Waals surface area contributed by atoms with Crippen molar-refractivity contribution in [3.63, 3.8) is 0 Å². The van der Waals surface area contributed by atoms with E-state index in [1.54, 1.807) is 18.1 Å². The molecule has 0 saturated heterocycles. The van der Waals surface area contributed by atoms with E-state index in [-0.39, 0.29) is 0 Å². The Labute approximate surface area is 104 Å². The van der Waals surface area contributed by atoms with Gasteiger partial charge in [-0.05, 0) is 18.6 Å². The number of hydrogen-bond donors (Lipinski definition) is 0. The summed E-state index contributed by atoms with van der Waals surface area (Å²) in [7, 11) is 0. The fourth-order valence-corrected chi connectivity index (χ4v) is 2.28. The van der Waals surface area contributed by atoms with Crippen molar-refractivity contribution in [1.29, 1.82) is 5.26 Å². The molecule has 0 atom stereocenters. The van der Waals surface area contributed by atoms with Gasteiger partial charge in [-0.25, -0.2) is 0 Å². The van der Waals surface area contributed by atoms with Crippen LogP contribution in [0, 0.1) is 18.3 Å². The van der Waals surface area contributed by atoms with E-state index < -0.39 is 0 Å². The van der Waals surface area contributed by atoms with Gasteiger partial charge in [-0.3, -0.25) is 4.57 Å². The van der Waals surface area contributed by atoms with Crippen LogP contribution < -0.4 is 0 Å². The number of thioether (sulfide) groups is 1. The molecule has 0 radical (unpaired) electrons. The maximum absolute atomic E-state index is 8.52. The van der Waals surface area contributed by atoms with Gasteiger partial charge in [-0.2, -0.15) is 5.26 Å². The summed E-state index contributed by atoms with van der Waals surface area (Å²) in [4.78, 5) is 0. The Morgan fingerprint density at radius 3 is 3.00 bits per heavy atom. The van der Waals surface area contributed by atoms with Gasteiger partial charge in [0.1, 0.15) is 6.33 Å². The molecule has 2 aromatic rings. The Morgan fingerprint density at radius 1 is 1.41 bits per heavy atom. The van der Waals surface area contributed by atoms with Gasteiger partial charge in [-0.1, -0.05) is 30.0 Å². The van der Waals surface area contributed by atoms with Gasteiger partial charge < -0.3 is 0 Å². The second-order valence-electron chi connectivity index (χ2n) is 3.53. The highest BCUT2D eigenvalue weighted by molar-refractivity contribution is 7.99. The Morgan fingerprint density at radius 2 is 2.24 bits per heavy atom. The van der Waals surface area contributed by atoms with Crippen molar-refractivity contribution >= 4 is 11.8 Å². The minimum Gasteiger partial charge on any atom is -0.276 e. The van der Waals surface area contributed by atoms with E-state index in [9.17, 15) is 0 Å². The summed E-state index contributed by atoms with van der Waals surface area (Å²) in [6.45, 7) is 2.05. The zero-order chi connectivity index (χ0) is 12.1. The number of nitrogens with zero attached hydrogens (tertiary/aromatic N) is 4. The topological polar surface area (TPSA) is 54.5 Å². The molecule has 0 aliphatic rings. The maximum atomic E-state index is 8.52. The van der Waals surface area contributed by atoms with Crippen LogP contribution in [0.5, 0.6) is 0 Å². The first-order valence-corrected chi connectivity index (χ1v) is 6.27. The Balaban J connectivity index is 2.25. The minimum absolute atomic E-state index is 0.519. The van der Waals surface area contributed by atoms with Crippen LogP contribution in [0.3, 0.4) is 0 Å². The van der Waals surface area contributed by atoms with Gasteiger partial charge in [0, 0.05) is 12.2 Å². The van der Waals surface area contributed by atoms with E-state index in [0.29, 0.717) is 6.42 Å². The van der Waals surface area contributed by atoms with Crippen molar-refractivity contribution in [1.82, 2.24) is 14.8 Å². The van der Waals surface area contributed by atoms with E-state index in [4.69, 9.17) is 5.26 Å². The fraction of sp³-hybridized carbons (Fsp3) is 0.250. The molecule has 0 aliphatic heterocycles. The Kier molecular flexibility index (Phi) is 3.78. The number of aryl methyl sites for hydroxylation is 1. The molecular formula is C12H12N4S. The molecule has 0 aliphatic carbocycles. The molecule has 17 heavy (non-hydrogen) atoms. The van der Waals surface area contributed by atoms with Crippen molar-refractivity contribution in [2.45, 2.75) is 18.5 Å². The molecule has 2 rings (SSSR count). The molecule has 0 fully saturated rings. The predicted octanol–water partition coefficient (Wildman–Crippen LogP) is 2.58. The van der Waals surface area contributed by atoms with Gasteiger partial charge in [0.05, 0.1) is 11.8 Å². The van der Waals surface area contributed by atoms with Crippen molar-refractivity contribution in [3.05, 3.63) is 36.2 Å². The van der Waals surface area contributed by atoms with Crippen LogP contribution in [0.1, 0.15) is 12.0 Å². The Bertz CT molecular complexity index is 541. The molecule has 1 aromatic carbocycles. The number of benzene rings is 1. The highest BCUT2D eigenvalue weighted by Crippen LogP contribution is 2.21. The zero-order valence-electron chi connectivity index (χ0n) is 9.50. The summed E-state index contributed by atoms with van der Waals surface area (Å²) in [6.07, 6.45) is 2.22. The van der Waals surface area contributed by atoms with Gasteiger partial charge in [0.15, 0.2) is 5.16 Å². The van der Waals surface area contributed by atoms with E-state index in [1.165, 1.54) is 5.56 Å². The molecule has 0 bridgehead atoms. The van der Waals surface area contributed by atoms with E-state index >= 15 is 0 Å². The van der Waals surface area contributed by atoms with E-state index in [1.807, 2.05) is 22.8 Å². The van der Waals surface area contributed by atoms with Crippen LogP contribution in [0.15, 0.2) is 35.7 Å². The van der Waals surface area contributed by atoms with Crippen LogP contribution in [0.4, 0.5) is 0 Å². The molecule has 0 N–H and O–H groups in total. The largest absolute Gasteiger partial charge is 0.276 e. The third-order valence-corrected chi connectivity index (χ3v) is 3.28. The highest BCUT2D eigenvalue weighted by Gasteiger charge is 2.08. The summed E-state index contributed by atoms with van der Waals surface area (Å²) in [5.74, 6) is 0.737. The summed E-state index contributed by atoms with van der Waals surface area (Å²) in [5.41, 5.74) is 2.26. The standard InChI is InChI=1S/C12H12N4S/c1-10-5-2-3-6-11(10)16-9-14-15-12(16)17-8-4-7-13/h2-3,5-6,9H,4,8H2,1H3. The molecule has 4 nitrogen and oxygen atoms in total. The third kappa shape index (κ3) is 2.66. The van der Waals surface area contributed by atoms with Crippen molar-refractivity contribution in [3.8, 4) is 11.8 Å². The monoisotopic (exact) mass is 244 g/mol. The first-order chi connectivity index (χ1) is 8.33. The van der Waals surface area contributed by atoms with Gasteiger partial charge >= 0.3 is 0 Å². The van der Waals surface area contributed by atoms with Crippen molar-refractivity contribution in [2.24, 2.45) is 0 Å². The molecule has 0 unspecified atom stereocenters. The molecule has 1 heterocycles. The number of hydrogen-bond acceptors (Lipinski definition) is 4. The van der Waals surface area contributed by atoms with E-state index in [2.05, 4.69) is 29.3 Å². The molecule has 0 saturated carbocycles. The number of para-hydroxylation sites is 1. The summed E-state index contributed by atoms with van der Waals surface area (Å²) < 4.78 is 1.96. The summed E-state index contributed by atoms with van der Waals surface area (Å²) in [5, 5.41) is 17.3. The normalized spacial score (nSPS) is 10.1. The van der Waals surface area contributed by atoms with Crippen LogP contribution in [0.25, 0.3) is 5.69 Å². The smallest absolute Gasteiger partial charge is 0.195 e. The third-order valence-electron chi connectivity index (χ3n) is 2.34. The number of nitriles is 1. The zero-order valence-corrected chi connectivity index (χ0v) is 10.3. The first kappa shape index (κ1) is 11.7. The fourth-order valence-electron chi connectivity index (χ4n) is 1.51. The molecular weight excluding hydrogens is 232 g/mol. The predicted molar refractivity (Wildman–Crippen MR) is 67.1 cm³/mol. The summed E-state index contributed by atoms with van der Waals surface area (Å²) in [6, 6.07) is 10.2. The lowest BCUT2D eigenvalue weighted by Crippen LogP contribution is -1.97. The minimum atomic E-state index is 0.519. The van der Waals surface area contributed by atoms with Crippen molar-refractivity contribution < 1.29 is 0 Å². The van der Waals surface area contributed by atoms with Gasteiger partial charge in [-0.15, -0.1) is 10.2 Å². The number of rotatable bonds is 4. The van der Waals surface area contributed by atoms with Crippen LogP contribution in [0.2, 0.25) is 0 Å². The average molecular weight is 244 g/mol. The molecule has 0 spiro atoms. The molecule has 86 valence electrons. The Hall–Kier alpha value is -1.80. The van der Waals surface area contributed by atoms with E-state index in [0.717, 1.165) is 16.6 Å². The quantitative estimate of drug-likeness (QED) is 0.612. The maximum Gasteiger partial charge on any atom is 0.195 e. The molecule has 0 amide bonds. The van der Waals surface area contributed by atoms with Crippen LogP contribution in [-0.4, -0.2) is 20.5 Å². The summed E-state index contributed by atoms with van der Waals surface area (Å²) >= 11 is 1.55. The highest BCUT2D eigenvalue weighted by atomic mass is 32.2. The lowest BCUT2D eigenvalue weighted by atomic mass is 10.2. The SMILES string of the molecule is Cc1ccccc1-n1cnnc1SCCC#N. The van der Waals surface area contributed by atoms with Crippen LogP contribution >= 0.6 is 11.8 Å². The molecule has 5 heteroatoms. The van der Waals surface area contributed by atoms with Gasteiger partial charge in [0.2, 0.25) is 0 Å². The van der Waals surface area contributed by atoms with Crippen LogP contribution in [-0.2, 0) is 0 Å². The second kappa shape index (κ2) is 5.51. The lowest BCUT2D eigenvalue weighted by molar-refractivity contribution is 0.877. The average Bonchev–Trinajstić information content (AvgIpc) is 2.78. The number of aromatic nitrogens is 3. The second-order valence-corrected chi connectivity index (χ2v) is 4.59. The lowest BCUT2D eigenvalue weighted by Gasteiger charge is -2.08. The molecule has 1 aromatic heterocycles.